The van der Waals surface area contributed by atoms with Gasteiger partial charge in [0.2, 0.25) is 5.95 Å². The lowest BCUT2D eigenvalue weighted by molar-refractivity contribution is 0.0995. The zero-order chi connectivity index (χ0) is 16.2. The fourth-order valence-corrected chi connectivity index (χ4v) is 2.66. The van der Waals surface area contributed by atoms with Gasteiger partial charge in [-0.1, -0.05) is 12.1 Å². The number of piperidine rings is 1. The molecule has 7 nitrogen and oxygen atoms in total. The van der Waals surface area contributed by atoms with Crippen LogP contribution < -0.4 is 16.0 Å². The van der Waals surface area contributed by atoms with E-state index in [1.165, 1.54) is 6.42 Å². The number of aromatic nitrogens is 3. The van der Waals surface area contributed by atoms with Gasteiger partial charge >= 0.3 is 0 Å². The van der Waals surface area contributed by atoms with Gasteiger partial charge in [0, 0.05) is 18.8 Å². The second kappa shape index (κ2) is 6.60. The van der Waals surface area contributed by atoms with Gasteiger partial charge < -0.3 is 16.0 Å². The van der Waals surface area contributed by atoms with Crippen molar-refractivity contribution in [3.05, 3.63) is 35.5 Å². The Hall–Kier alpha value is -2.70. The number of hydrogen-bond donors (Lipinski definition) is 2. The highest BCUT2D eigenvalue weighted by Gasteiger charge is 2.19. The first-order valence-electron chi connectivity index (χ1n) is 7.76. The van der Waals surface area contributed by atoms with Crippen LogP contribution in [0.15, 0.2) is 24.3 Å². The molecular weight excluding hydrogens is 292 g/mol. The van der Waals surface area contributed by atoms with Crippen molar-refractivity contribution in [3.63, 3.8) is 0 Å². The first-order chi connectivity index (χ1) is 11.1. The van der Waals surface area contributed by atoms with Crippen molar-refractivity contribution in [1.29, 1.82) is 0 Å². The van der Waals surface area contributed by atoms with Crippen LogP contribution in [0.4, 0.5) is 17.5 Å². The molecule has 1 saturated heterocycles. The zero-order valence-electron chi connectivity index (χ0n) is 13.1. The topological polar surface area (TPSA) is 97.0 Å². The summed E-state index contributed by atoms with van der Waals surface area (Å²) in [7, 11) is 0. The molecule has 0 aliphatic carbocycles. The lowest BCUT2D eigenvalue weighted by Gasteiger charge is -2.26. The van der Waals surface area contributed by atoms with Crippen LogP contribution in [0.1, 0.15) is 35.3 Å². The summed E-state index contributed by atoms with van der Waals surface area (Å²) in [5.41, 5.74) is 7.38. The van der Waals surface area contributed by atoms with Crippen LogP contribution in [0.5, 0.6) is 0 Å². The van der Waals surface area contributed by atoms with Crippen LogP contribution in [-0.2, 0) is 0 Å². The first-order valence-corrected chi connectivity index (χ1v) is 7.76. The Balaban J connectivity index is 1.93. The summed E-state index contributed by atoms with van der Waals surface area (Å²) in [6.45, 7) is 3.81. The zero-order valence-corrected chi connectivity index (χ0v) is 13.1. The Morgan fingerprint density at radius 3 is 2.70 bits per heavy atom. The van der Waals surface area contributed by atoms with Crippen molar-refractivity contribution in [2.75, 3.05) is 23.3 Å². The highest BCUT2D eigenvalue weighted by Crippen LogP contribution is 2.21. The molecule has 3 rings (SSSR count). The molecule has 0 unspecified atom stereocenters. The van der Waals surface area contributed by atoms with Gasteiger partial charge in [0.15, 0.2) is 11.5 Å². The smallest absolute Gasteiger partial charge is 0.273 e. The summed E-state index contributed by atoms with van der Waals surface area (Å²) in [6, 6.07) is 7.80. The van der Waals surface area contributed by atoms with Gasteiger partial charge in [-0.25, -0.2) is 0 Å². The molecule has 3 N–H and O–H groups in total. The quantitative estimate of drug-likeness (QED) is 0.896. The number of anilines is 3. The Labute approximate surface area is 134 Å². The highest BCUT2D eigenvalue weighted by atomic mass is 16.1. The Kier molecular flexibility index (Phi) is 4.36. The monoisotopic (exact) mass is 312 g/mol. The van der Waals surface area contributed by atoms with E-state index in [0.717, 1.165) is 37.2 Å². The van der Waals surface area contributed by atoms with E-state index in [1.54, 1.807) is 0 Å². The van der Waals surface area contributed by atoms with Crippen LogP contribution in [0.25, 0.3) is 0 Å². The van der Waals surface area contributed by atoms with Crippen molar-refractivity contribution in [2.24, 2.45) is 5.73 Å². The maximum absolute atomic E-state index is 11.6. The Bertz CT molecular complexity index is 711. The molecule has 0 bridgehead atoms. The lowest BCUT2D eigenvalue weighted by atomic mass is 10.1. The summed E-state index contributed by atoms with van der Waals surface area (Å²) in [6.07, 6.45) is 3.45. The first kappa shape index (κ1) is 15.2. The second-order valence-corrected chi connectivity index (χ2v) is 5.72. The molecule has 0 saturated carbocycles. The number of rotatable bonds is 4. The molecule has 1 amide bonds. The van der Waals surface area contributed by atoms with E-state index in [9.17, 15) is 4.79 Å². The number of carbonyl (C=O) groups is 1. The minimum Gasteiger partial charge on any atom is -0.364 e. The SMILES string of the molecule is Cc1cccc(Nc2nc(N3CCCCC3)nnc2C(N)=O)c1. The van der Waals surface area contributed by atoms with Crippen molar-refractivity contribution in [1.82, 2.24) is 15.2 Å². The molecule has 1 aliphatic rings. The van der Waals surface area contributed by atoms with Crippen LogP contribution in [0, 0.1) is 6.92 Å². The number of amides is 1. The van der Waals surface area contributed by atoms with Crippen molar-refractivity contribution >= 4 is 23.4 Å². The minimum absolute atomic E-state index is 0.0484. The number of nitrogens with zero attached hydrogens (tertiary/aromatic N) is 4. The number of nitrogens with one attached hydrogen (secondary N) is 1. The third-order valence-electron chi connectivity index (χ3n) is 3.83. The molecule has 2 aromatic rings. The van der Waals surface area contributed by atoms with Crippen LogP contribution in [0.2, 0.25) is 0 Å². The molecule has 2 heterocycles. The average molecular weight is 312 g/mol. The van der Waals surface area contributed by atoms with Gasteiger partial charge in [0.05, 0.1) is 0 Å². The van der Waals surface area contributed by atoms with E-state index in [2.05, 4.69) is 25.4 Å². The maximum Gasteiger partial charge on any atom is 0.273 e. The van der Waals surface area contributed by atoms with Gasteiger partial charge in [-0.3, -0.25) is 4.79 Å². The predicted octanol–water partition coefficient (Wildman–Crippen LogP) is 2.01. The molecule has 0 spiro atoms. The van der Waals surface area contributed by atoms with E-state index in [0.29, 0.717) is 11.8 Å². The van der Waals surface area contributed by atoms with Crippen LogP contribution in [-0.4, -0.2) is 34.2 Å². The van der Waals surface area contributed by atoms with Gasteiger partial charge in [-0.05, 0) is 43.9 Å². The molecular formula is C16H20N6O. The third-order valence-corrected chi connectivity index (χ3v) is 3.83. The van der Waals surface area contributed by atoms with E-state index in [-0.39, 0.29) is 5.69 Å². The number of carbonyl (C=O) groups excluding carboxylic acids is 1. The molecule has 120 valence electrons. The summed E-state index contributed by atoms with van der Waals surface area (Å²) in [5, 5.41) is 11.2. The lowest BCUT2D eigenvalue weighted by Crippen LogP contribution is -2.32. The van der Waals surface area contributed by atoms with Gasteiger partial charge in [0.1, 0.15) is 0 Å². The largest absolute Gasteiger partial charge is 0.364 e. The maximum atomic E-state index is 11.6. The summed E-state index contributed by atoms with van der Waals surface area (Å²) < 4.78 is 0. The van der Waals surface area contributed by atoms with Crippen molar-refractivity contribution in [3.8, 4) is 0 Å². The van der Waals surface area contributed by atoms with Crippen LogP contribution >= 0.6 is 0 Å². The molecule has 1 aliphatic heterocycles. The molecule has 0 radical (unpaired) electrons. The minimum atomic E-state index is -0.648. The standard InChI is InChI=1S/C16H20N6O/c1-11-6-5-7-12(10-11)18-15-13(14(17)23)20-21-16(19-15)22-8-3-2-4-9-22/h5-7,10H,2-4,8-9H2,1H3,(H2,17,23)(H,18,19,21). The van der Waals surface area contributed by atoms with E-state index < -0.39 is 5.91 Å². The van der Waals surface area contributed by atoms with E-state index >= 15 is 0 Å². The Morgan fingerprint density at radius 1 is 1.22 bits per heavy atom. The normalized spacial score (nSPS) is 14.6. The number of hydrogen-bond acceptors (Lipinski definition) is 6. The summed E-state index contributed by atoms with van der Waals surface area (Å²) >= 11 is 0. The predicted molar refractivity (Wildman–Crippen MR) is 88.9 cm³/mol. The molecule has 23 heavy (non-hydrogen) atoms. The number of aryl methyl sites for hydroxylation is 1. The fraction of sp³-hybridized carbons (Fsp3) is 0.375. The van der Waals surface area contributed by atoms with E-state index in [4.69, 9.17) is 5.73 Å². The summed E-state index contributed by atoms with van der Waals surface area (Å²) in [5.74, 6) is 0.230. The number of nitrogens with two attached hydrogens (primary N) is 1. The molecule has 1 fully saturated rings. The Morgan fingerprint density at radius 2 is 2.00 bits per heavy atom. The van der Waals surface area contributed by atoms with E-state index in [1.807, 2.05) is 31.2 Å². The highest BCUT2D eigenvalue weighted by molar-refractivity contribution is 5.96. The molecule has 0 atom stereocenters. The number of primary amides is 1. The third kappa shape index (κ3) is 3.56. The number of benzene rings is 1. The molecule has 1 aromatic carbocycles. The van der Waals surface area contributed by atoms with Gasteiger partial charge in [-0.15, -0.1) is 10.2 Å². The average Bonchev–Trinajstić information content (AvgIpc) is 2.55. The van der Waals surface area contributed by atoms with Crippen molar-refractivity contribution in [2.45, 2.75) is 26.2 Å². The van der Waals surface area contributed by atoms with Gasteiger partial charge in [-0.2, -0.15) is 4.98 Å². The molecule has 7 heteroatoms. The fourth-order valence-electron chi connectivity index (χ4n) is 2.66. The second-order valence-electron chi connectivity index (χ2n) is 5.72. The molecule has 1 aromatic heterocycles. The van der Waals surface area contributed by atoms with Crippen molar-refractivity contribution < 1.29 is 4.79 Å². The van der Waals surface area contributed by atoms with Gasteiger partial charge in [0.25, 0.3) is 5.91 Å². The summed E-state index contributed by atoms with van der Waals surface area (Å²) in [4.78, 5) is 18.2. The van der Waals surface area contributed by atoms with Crippen LogP contribution in [0.3, 0.4) is 0 Å².